The molecule has 0 unspecified atom stereocenters. The molecule has 3 aliphatic heterocycles. The third-order valence-corrected chi connectivity index (χ3v) is 12.8. The first-order valence-corrected chi connectivity index (χ1v) is 22.1. The van der Waals surface area contributed by atoms with E-state index in [2.05, 4.69) is 63.1 Å². The van der Waals surface area contributed by atoms with Gasteiger partial charge in [0, 0.05) is 18.5 Å². The Hall–Kier alpha value is -7.08. The highest BCUT2D eigenvalue weighted by Crippen LogP contribution is 2.44. The van der Waals surface area contributed by atoms with Crippen molar-refractivity contribution in [2.24, 2.45) is 11.7 Å². The molecule has 342 valence electrons. The number of amides is 4. The Morgan fingerprint density at radius 1 is 0.773 bits per heavy atom. The first kappa shape index (κ1) is 44.1. The number of likely N-dealkylation sites (tertiary alicyclic amines) is 2. The van der Waals surface area contributed by atoms with Crippen LogP contribution in [0.3, 0.4) is 0 Å². The van der Waals surface area contributed by atoms with Crippen LogP contribution in [0.4, 0.5) is 9.59 Å². The van der Waals surface area contributed by atoms with E-state index in [4.69, 9.17) is 34.6 Å². The second kappa shape index (κ2) is 18.1. The average Bonchev–Trinajstić information content (AvgIpc) is 4.21. The molecule has 3 aliphatic rings. The van der Waals surface area contributed by atoms with Crippen LogP contribution in [0.1, 0.15) is 62.4 Å². The van der Waals surface area contributed by atoms with E-state index >= 15 is 0 Å². The molecule has 66 heavy (non-hydrogen) atoms. The normalized spacial score (nSPS) is 19.9. The molecule has 17 heteroatoms. The molecule has 0 radical (unpaired) electrons. The van der Waals surface area contributed by atoms with Gasteiger partial charge in [-0.1, -0.05) is 92.7 Å². The van der Waals surface area contributed by atoms with E-state index in [1.807, 2.05) is 62.4 Å². The fourth-order valence-electron chi connectivity index (χ4n) is 9.35. The lowest BCUT2D eigenvalue weighted by atomic mass is 9.98. The molecule has 0 saturated carbocycles. The van der Waals surface area contributed by atoms with Gasteiger partial charge in [0.25, 0.3) is 5.91 Å². The van der Waals surface area contributed by atoms with E-state index in [0.29, 0.717) is 42.7 Å². The van der Waals surface area contributed by atoms with Crippen LogP contribution in [0, 0.1) is 5.92 Å². The largest absolute Gasteiger partial charge is 0.453 e. The van der Waals surface area contributed by atoms with Gasteiger partial charge < -0.3 is 55.1 Å². The Bertz CT molecular complexity index is 2750. The number of nitrogens with one attached hydrogen (secondary N) is 4. The van der Waals surface area contributed by atoms with Crippen LogP contribution >= 0.6 is 0 Å². The van der Waals surface area contributed by atoms with Crippen LogP contribution in [-0.2, 0) is 34.2 Å². The minimum atomic E-state index is -1.43. The monoisotopic (exact) mass is 895 g/mol. The van der Waals surface area contributed by atoms with Gasteiger partial charge in [-0.2, -0.15) is 0 Å². The molecule has 1 spiro atoms. The number of ether oxygens (including phenoxy) is 4. The van der Waals surface area contributed by atoms with Gasteiger partial charge in [-0.05, 0) is 63.9 Å². The standard InChI is InChI=1S/C49H53N9O8/c1-29(2)40(55-46(61)63-3)44(60)58-28-48(65-21-22-66-48)27-49(58,50)45-52-26-38(54-45)36-19-18-34-23-33(16-17-35(34)24-36)30-12-14-31(15-13-30)37-25-51-42(53-37)39-11-8-20-57(39)43(59)41(56-47(62)64-4)32-9-6-5-7-10-32/h5-7,9-10,12-19,23-26,29,39-41H,8,11,20-22,27-28,50H2,1-4H3,(H,51,53)(H,52,54)(H,55,61)(H,56,62)/t39-,40-,41+,49-/m0/s1. The van der Waals surface area contributed by atoms with Gasteiger partial charge in [-0.15, -0.1) is 0 Å². The van der Waals surface area contributed by atoms with E-state index in [1.54, 1.807) is 17.3 Å². The fraction of sp³-hybridized carbons (Fsp3) is 0.347. The van der Waals surface area contributed by atoms with E-state index in [-0.39, 0.29) is 30.8 Å². The molecule has 4 atom stereocenters. The summed E-state index contributed by atoms with van der Waals surface area (Å²) in [4.78, 5) is 72.1. The lowest BCUT2D eigenvalue weighted by Gasteiger charge is -2.35. The number of methoxy groups -OCH3 is 2. The number of hydrogen-bond acceptors (Lipinski definition) is 11. The Kier molecular flexibility index (Phi) is 12.1. The van der Waals surface area contributed by atoms with Crippen molar-refractivity contribution < 1.29 is 38.1 Å². The van der Waals surface area contributed by atoms with E-state index in [0.717, 1.165) is 51.6 Å². The first-order valence-electron chi connectivity index (χ1n) is 22.1. The maximum atomic E-state index is 14.2. The molecule has 17 nitrogen and oxygen atoms in total. The minimum absolute atomic E-state index is 0.0638. The summed E-state index contributed by atoms with van der Waals surface area (Å²) < 4.78 is 21.7. The van der Waals surface area contributed by atoms with Gasteiger partial charge in [0.1, 0.15) is 23.7 Å². The number of nitrogens with two attached hydrogens (primary N) is 1. The molecule has 6 N–H and O–H groups in total. The maximum Gasteiger partial charge on any atom is 0.407 e. The first-order chi connectivity index (χ1) is 31.9. The number of imidazole rings is 2. The van der Waals surface area contributed by atoms with E-state index in [1.165, 1.54) is 19.1 Å². The van der Waals surface area contributed by atoms with Crippen LogP contribution in [0.2, 0.25) is 0 Å². The molecule has 0 bridgehead atoms. The SMILES string of the molecule is COC(=O)N[C@H](C(=O)N1CC2(C[C@@]1(N)c1ncc(-c3ccc4cc(-c5ccc(-c6cnc([C@@H]7CCCN7C(=O)[C@H](NC(=O)OC)c7ccccc7)[nH]6)cc5)ccc4c3)[nH]1)OCCO2)C(C)C. The minimum Gasteiger partial charge on any atom is -0.453 e. The molecular weight excluding hydrogens is 843 g/mol. The average molecular weight is 896 g/mol. The highest BCUT2D eigenvalue weighted by atomic mass is 16.7. The number of carbonyl (C=O) groups is 4. The van der Waals surface area contributed by atoms with Crippen molar-refractivity contribution in [3.05, 3.63) is 121 Å². The van der Waals surface area contributed by atoms with Crippen LogP contribution in [-0.4, -0.2) is 106 Å². The van der Waals surface area contributed by atoms with Crippen molar-refractivity contribution in [3.8, 4) is 33.6 Å². The molecule has 3 fully saturated rings. The molecule has 3 saturated heterocycles. The molecule has 2 aromatic heterocycles. The van der Waals surface area contributed by atoms with Crippen LogP contribution in [0.25, 0.3) is 44.4 Å². The van der Waals surface area contributed by atoms with Crippen LogP contribution < -0.4 is 16.4 Å². The van der Waals surface area contributed by atoms with Gasteiger partial charge in [-0.3, -0.25) is 9.59 Å². The zero-order chi connectivity index (χ0) is 46.2. The zero-order valence-corrected chi connectivity index (χ0v) is 37.2. The third kappa shape index (κ3) is 8.48. The number of aromatic nitrogens is 4. The van der Waals surface area contributed by atoms with Gasteiger partial charge >= 0.3 is 12.2 Å². The number of aromatic amines is 2. The second-order valence-electron chi connectivity index (χ2n) is 17.3. The molecular formula is C49H53N9O8. The predicted octanol–water partition coefficient (Wildman–Crippen LogP) is 6.52. The number of fused-ring (bicyclic) bond motifs is 1. The zero-order valence-electron chi connectivity index (χ0n) is 37.2. The quantitative estimate of drug-likeness (QED) is 0.0944. The number of rotatable bonds is 11. The summed E-state index contributed by atoms with van der Waals surface area (Å²) in [5.74, 6) is -0.932. The lowest BCUT2D eigenvalue weighted by Crippen LogP contribution is -2.59. The summed E-state index contributed by atoms with van der Waals surface area (Å²) >= 11 is 0. The van der Waals surface area contributed by atoms with Gasteiger partial charge in [-0.25, -0.2) is 19.6 Å². The smallest absolute Gasteiger partial charge is 0.407 e. The van der Waals surface area contributed by atoms with Gasteiger partial charge in [0.2, 0.25) is 5.91 Å². The number of H-pyrrole nitrogens is 2. The topological polar surface area (TPSA) is 219 Å². The van der Waals surface area contributed by atoms with Crippen molar-refractivity contribution in [1.29, 1.82) is 0 Å². The Labute approximate surface area is 381 Å². The number of alkyl carbamates (subject to hydrolysis) is 2. The van der Waals surface area contributed by atoms with Crippen LogP contribution in [0.5, 0.6) is 0 Å². The molecule has 4 aromatic carbocycles. The van der Waals surface area contributed by atoms with Crippen molar-refractivity contribution in [2.45, 2.75) is 62.7 Å². The fourth-order valence-corrected chi connectivity index (χ4v) is 9.35. The number of carbonyl (C=O) groups excluding carboxylic acids is 4. The molecule has 6 aromatic rings. The summed E-state index contributed by atoms with van der Waals surface area (Å²) in [6.07, 6.45) is 3.79. The lowest BCUT2D eigenvalue weighted by molar-refractivity contribution is -0.153. The van der Waals surface area contributed by atoms with Crippen LogP contribution in [0.15, 0.2) is 103 Å². The third-order valence-electron chi connectivity index (χ3n) is 12.8. The van der Waals surface area contributed by atoms with E-state index in [9.17, 15) is 19.2 Å². The number of nitrogens with zero attached hydrogens (tertiary/aromatic N) is 4. The molecule has 0 aliphatic carbocycles. The summed E-state index contributed by atoms with van der Waals surface area (Å²) in [5.41, 5.74) is 11.8. The summed E-state index contributed by atoms with van der Waals surface area (Å²) in [6.45, 7) is 5.02. The van der Waals surface area contributed by atoms with Crippen molar-refractivity contribution in [2.75, 3.05) is 40.5 Å². The summed E-state index contributed by atoms with van der Waals surface area (Å²) in [7, 11) is 2.53. The van der Waals surface area contributed by atoms with Gasteiger partial charge in [0.05, 0.1) is 63.8 Å². The summed E-state index contributed by atoms with van der Waals surface area (Å²) in [6, 6.07) is 27.8. The van der Waals surface area contributed by atoms with E-state index < -0.39 is 41.6 Å². The Morgan fingerprint density at radius 3 is 2.09 bits per heavy atom. The number of hydrogen-bond donors (Lipinski definition) is 5. The Morgan fingerprint density at radius 2 is 1.39 bits per heavy atom. The maximum absolute atomic E-state index is 14.2. The van der Waals surface area contributed by atoms with Crippen molar-refractivity contribution in [3.63, 3.8) is 0 Å². The summed E-state index contributed by atoms with van der Waals surface area (Å²) in [5, 5.41) is 7.44. The van der Waals surface area contributed by atoms with Gasteiger partial charge in [0.15, 0.2) is 11.4 Å². The van der Waals surface area contributed by atoms with Crippen molar-refractivity contribution >= 4 is 34.8 Å². The van der Waals surface area contributed by atoms with Crippen molar-refractivity contribution in [1.82, 2.24) is 40.4 Å². The molecule has 5 heterocycles. The highest BCUT2D eigenvalue weighted by molar-refractivity contribution is 5.91. The Balaban J connectivity index is 0.902. The highest BCUT2D eigenvalue weighted by Gasteiger charge is 2.59. The predicted molar refractivity (Wildman–Crippen MR) is 244 cm³/mol. The number of benzene rings is 4. The second-order valence-corrected chi connectivity index (χ2v) is 17.3. The molecule has 9 rings (SSSR count). The molecule has 4 amide bonds.